The standard InChI is InChI=1S/C32H44N4O4/c1-3-34-16-17-36(22-26(37)10-8-23-6-4-5-7-25(23)21-33)31(39)28-11-9-24(18-29(28)34)30(38)35-14-12-32(13-15-35)19-27(20-32)40-2/h4-7,9,11,18,26-27,37H,3,8,10,12-17,19-22,33H2,1-2H3. The molecule has 0 radical (unpaired) electrons. The minimum absolute atomic E-state index is 0.0399. The molecule has 2 aromatic carbocycles. The van der Waals surface area contributed by atoms with E-state index in [0.717, 1.165) is 62.1 Å². The molecule has 8 nitrogen and oxygen atoms in total. The SMILES string of the molecule is CCN1CCN(CC(O)CCc2ccccc2CN)C(=O)c2ccc(C(=O)N3CCC4(CC3)CC(OC)C4)cc21. The molecular weight excluding hydrogens is 504 g/mol. The molecule has 1 unspecified atom stereocenters. The Morgan fingerprint density at radius 2 is 1.77 bits per heavy atom. The highest BCUT2D eigenvalue weighted by molar-refractivity contribution is 6.03. The number of amides is 2. The molecule has 2 fully saturated rings. The van der Waals surface area contributed by atoms with Gasteiger partial charge in [0.15, 0.2) is 0 Å². The van der Waals surface area contributed by atoms with Crippen LogP contribution in [0.15, 0.2) is 42.5 Å². The fraction of sp³-hybridized carbons (Fsp3) is 0.562. The maximum atomic E-state index is 13.6. The number of nitrogens with zero attached hydrogens (tertiary/aromatic N) is 3. The number of hydrogen-bond acceptors (Lipinski definition) is 6. The van der Waals surface area contributed by atoms with Crippen molar-refractivity contribution in [2.24, 2.45) is 11.1 Å². The average Bonchev–Trinajstić information content (AvgIpc) is 3.10. The first-order valence-corrected chi connectivity index (χ1v) is 14.8. The zero-order valence-corrected chi connectivity index (χ0v) is 24.0. The number of aliphatic hydroxyl groups excluding tert-OH is 1. The summed E-state index contributed by atoms with van der Waals surface area (Å²) in [6.07, 6.45) is 5.26. The zero-order chi connectivity index (χ0) is 28.3. The fourth-order valence-electron chi connectivity index (χ4n) is 6.76. The number of aryl methyl sites for hydroxylation is 1. The Balaban J connectivity index is 1.24. The van der Waals surface area contributed by atoms with Crippen LogP contribution in [0.4, 0.5) is 5.69 Å². The molecule has 3 N–H and O–H groups in total. The average molecular weight is 549 g/mol. The molecule has 8 heteroatoms. The predicted octanol–water partition coefficient (Wildman–Crippen LogP) is 3.45. The number of ether oxygens (including phenoxy) is 1. The Hall–Kier alpha value is -2.94. The van der Waals surface area contributed by atoms with Crippen LogP contribution < -0.4 is 10.6 Å². The third kappa shape index (κ3) is 5.90. The molecule has 2 amide bonds. The van der Waals surface area contributed by atoms with Crippen molar-refractivity contribution in [3.8, 4) is 0 Å². The number of hydrogen-bond donors (Lipinski definition) is 2. The second-order valence-electron chi connectivity index (χ2n) is 11.8. The molecule has 3 aliphatic rings. The summed E-state index contributed by atoms with van der Waals surface area (Å²) in [5.74, 6) is -0.0537. The van der Waals surface area contributed by atoms with Crippen LogP contribution in [0, 0.1) is 5.41 Å². The van der Waals surface area contributed by atoms with Crippen molar-refractivity contribution < 1.29 is 19.4 Å². The molecule has 5 rings (SSSR count). The molecule has 2 aliphatic heterocycles. The number of piperidine rings is 1. The van der Waals surface area contributed by atoms with Gasteiger partial charge in [-0.05, 0) is 80.2 Å². The Bertz CT molecular complexity index is 1200. The summed E-state index contributed by atoms with van der Waals surface area (Å²) in [5, 5.41) is 10.9. The van der Waals surface area contributed by atoms with Crippen LogP contribution in [-0.2, 0) is 17.7 Å². The van der Waals surface area contributed by atoms with Gasteiger partial charge in [0, 0.05) is 58.5 Å². The van der Waals surface area contributed by atoms with E-state index in [2.05, 4.69) is 11.8 Å². The van der Waals surface area contributed by atoms with Crippen molar-refractivity contribution in [3.05, 3.63) is 64.7 Å². The number of anilines is 1. The van der Waals surface area contributed by atoms with Crippen LogP contribution in [0.1, 0.15) is 70.9 Å². The summed E-state index contributed by atoms with van der Waals surface area (Å²) in [6.45, 7) is 6.27. The largest absolute Gasteiger partial charge is 0.391 e. The molecular formula is C32H44N4O4. The van der Waals surface area contributed by atoms with Crippen molar-refractivity contribution in [2.45, 2.75) is 64.2 Å². The minimum atomic E-state index is -0.635. The highest BCUT2D eigenvalue weighted by atomic mass is 16.5. The number of benzene rings is 2. The van der Waals surface area contributed by atoms with Gasteiger partial charge in [-0.1, -0.05) is 24.3 Å². The van der Waals surface area contributed by atoms with Crippen LogP contribution in [0.3, 0.4) is 0 Å². The Morgan fingerprint density at radius 3 is 2.45 bits per heavy atom. The molecule has 1 saturated heterocycles. The van der Waals surface area contributed by atoms with E-state index in [1.165, 1.54) is 0 Å². The van der Waals surface area contributed by atoms with Crippen molar-refractivity contribution in [3.63, 3.8) is 0 Å². The molecule has 1 aliphatic carbocycles. The summed E-state index contributed by atoms with van der Waals surface area (Å²) >= 11 is 0. The van der Waals surface area contributed by atoms with Gasteiger partial charge in [0.2, 0.25) is 0 Å². The second-order valence-corrected chi connectivity index (χ2v) is 11.8. The van der Waals surface area contributed by atoms with Gasteiger partial charge < -0.3 is 30.3 Å². The van der Waals surface area contributed by atoms with Gasteiger partial charge in [-0.3, -0.25) is 9.59 Å². The van der Waals surface area contributed by atoms with E-state index in [-0.39, 0.29) is 18.4 Å². The summed E-state index contributed by atoms with van der Waals surface area (Å²) < 4.78 is 5.48. The third-order valence-corrected chi connectivity index (χ3v) is 9.41. The van der Waals surface area contributed by atoms with Crippen LogP contribution >= 0.6 is 0 Å². The summed E-state index contributed by atoms with van der Waals surface area (Å²) in [6, 6.07) is 13.5. The van der Waals surface area contributed by atoms with Crippen LogP contribution in [0.5, 0.6) is 0 Å². The third-order valence-electron chi connectivity index (χ3n) is 9.41. The number of fused-ring (bicyclic) bond motifs is 1. The van der Waals surface area contributed by atoms with Gasteiger partial charge in [0.1, 0.15) is 0 Å². The Morgan fingerprint density at radius 1 is 1.07 bits per heavy atom. The first kappa shape index (κ1) is 28.6. The number of likely N-dealkylation sites (tertiary alicyclic amines) is 1. The normalized spacial score (nSPS) is 19.8. The topological polar surface area (TPSA) is 99.3 Å². The van der Waals surface area contributed by atoms with Gasteiger partial charge in [-0.25, -0.2) is 0 Å². The van der Waals surface area contributed by atoms with Crippen molar-refractivity contribution >= 4 is 17.5 Å². The lowest BCUT2D eigenvalue weighted by atomic mass is 9.61. The van der Waals surface area contributed by atoms with Crippen LogP contribution in [0.25, 0.3) is 0 Å². The molecule has 216 valence electrons. The van der Waals surface area contributed by atoms with E-state index in [1.54, 1.807) is 24.1 Å². The number of methoxy groups -OCH3 is 1. The number of likely N-dealkylation sites (N-methyl/N-ethyl adjacent to an activating group) is 1. The maximum absolute atomic E-state index is 13.6. The zero-order valence-electron chi connectivity index (χ0n) is 24.0. The van der Waals surface area contributed by atoms with Crippen LogP contribution in [0.2, 0.25) is 0 Å². The molecule has 0 bridgehead atoms. The minimum Gasteiger partial charge on any atom is -0.391 e. The van der Waals surface area contributed by atoms with Crippen molar-refractivity contribution in [2.75, 3.05) is 51.3 Å². The van der Waals surface area contributed by atoms with E-state index in [1.807, 2.05) is 35.2 Å². The summed E-state index contributed by atoms with van der Waals surface area (Å²) in [4.78, 5) is 33.0. The number of carbonyl (C=O) groups is 2. The smallest absolute Gasteiger partial charge is 0.256 e. The molecule has 1 saturated carbocycles. The monoisotopic (exact) mass is 548 g/mol. The first-order valence-electron chi connectivity index (χ1n) is 14.8. The van der Waals surface area contributed by atoms with E-state index < -0.39 is 6.10 Å². The van der Waals surface area contributed by atoms with Gasteiger partial charge in [-0.15, -0.1) is 0 Å². The van der Waals surface area contributed by atoms with E-state index in [0.29, 0.717) is 55.1 Å². The predicted molar refractivity (Wildman–Crippen MR) is 156 cm³/mol. The van der Waals surface area contributed by atoms with E-state index in [4.69, 9.17) is 10.5 Å². The number of β-amino-alcohol motifs (C(OH)–C–C–N with tert-alkyl or cyclic N) is 1. The molecule has 2 aromatic rings. The fourth-order valence-corrected chi connectivity index (χ4v) is 6.76. The van der Waals surface area contributed by atoms with E-state index in [9.17, 15) is 14.7 Å². The molecule has 0 aromatic heterocycles. The van der Waals surface area contributed by atoms with Gasteiger partial charge >= 0.3 is 0 Å². The lowest BCUT2D eigenvalue weighted by molar-refractivity contribution is -0.0841. The number of rotatable bonds is 9. The molecule has 1 spiro atoms. The first-order chi connectivity index (χ1) is 19.4. The van der Waals surface area contributed by atoms with Crippen molar-refractivity contribution in [1.82, 2.24) is 9.80 Å². The summed E-state index contributed by atoms with van der Waals surface area (Å²) in [7, 11) is 1.78. The number of aliphatic hydroxyl groups is 1. The molecule has 40 heavy (non-hydrogen) atoms. The van der Waals surface area contributed by atoms with Gasteiger partial charge in [0.05, 0.1) is 23.5 Å². The Labute approximate surface area is 238 Å². The second kappa shape index (κ2) is 12.3. The van der Waals surface area contributed by atoms with Gasteiger partial charge in [0.25, 0.3) is 11.8 Å². The highest BCUT2D eigenvalue weighted by Gasteiger charge is 2.46. The van der Waals surface area contributed by atoms with Crippen LogP contribution in [-0.4, -0.2) is 85.3 Å². The Kier molecular flexibility index (Phi) is 8.78. The highest BCUT2D eigenvalue weighted by Crippen LogP contribution is 2.50. The quantitative estimate of drug-likeness (QED) is 0.498. The maximum Gasteiger partial charge on any atom is 0.256 e. The van der Waals surface area contributed by atoms with Gasteiger partial charge in [-0.2, -0.15) is 0 Å². The lowest BCUT2D eigenvalue weighted by Crippen LogP contribution is -2.50. The number of nitrogens with two attached hydrogens (primary N) is 1. The van der Waals surface area contributed by atoms with E-state index >= 15 is 0 Å². The summed E-state index contributed by atoms with van der Waals surface area (Å²) in [5.41, 5.74) is 10.5. The number of carbonyl (C=O) groups excluding carboxylic acids is 2. The lowest BCUT2D eigenvalue weighted by Gasteiger charge is -2.51. The molecule has 1 atom stereocenters. The molecule has 2 heterocycles. The van der Waals surface area contributed by atoms with Crippen molar-refractivity contribution in [1.29, 1.82) is 0 Å².